The largest absolute Gasteiger partial charge is 0.383 e. The Morgan fingerprint density at radius 2 is 1.88 bits per heavy atom. The third-order valence-electron chi connectivity index (χ3n) is 3.20. The van der Waals surface area contributed by atoms with Crippen LogP contribution in [0.2, 0.25) is 0 Å². The van der Waals surface area contributed by atoms with Crippen LogP contribution in [-0.4, -0.2) is 27.1 Å². The maximum Gasteiger partial charge on any atom is 0.223 e. The summed E-state index contributed by atoms with van der Waals surface area (Å²) in [4.78, 5) is 7.98. The Bertz CT molecular complexity index is 363. The molecule has 5 N–H and O–H groups in total. The summed E-state index contributed by atoms with van der Waals surface area (Å²) in [6.07, 6.45) is 3.65. The Balaban J connectivity index is 2.13. The molecule has 1 saturated heterocycles. The molecule has 0 amide bonds. The highest BCUT2D eigenvalue weighted by Gasteiger charge is 2.24. The molecule has 0 aromatic carbocycles. The number of nitrogens with one attached hydrogen (secondary N) is 1. The first-order valence-corrected chi connectivity index (χ1v) is 6.01. The van der Waals surface area contributed by atoms with E-state index < -0.39 is 0 Å². The minimum atomic E-state index is 0.199. The Labute approximate surface area is 101 Å². The lowest BCUT2D eigenvalue weighted by Crippen LogP contribution is -2.47. The van der Waals surface area contributed by atoms with E-state index in [-0.39, 0.29) is 5.95 Å². The lowest BCUT2D eigenvalue weighted by molar-refractivity contribution is 0.135. The van der Waals surface area contributed by atoms with Gasteiger partial charge in [0.2, 0.25) is 5.95 Å². The maximum absolute atomic E-state index is 5.64. The van der Waals surface area contributed by atoms with Gasteiger partial charge in [-0.2, -0.15) is 9.97 Å². The zero-order valence-electron chi connectivity index (χ0n) is 10.3. The number of hydrogen-bond acceptors (Lipinski definition) is 6. The predicted octanol–water partition coefficient (Wildman–Crippen LogP) is 1.23. The van der Waals surface area contributed by atoms with E-state index in [1.165, 1.54) is 19.3 Å². The number of piperidine rings is 1. The summed E-state index contributed by atoms with van der Waals surface area (Å²) < 4.78 is 0. The molecular weight excluding hydrogens is 216 g/mol. The van der Waals surface area contributed by atoms with E-state index in [0.717, 1.165) is 0 Å². The van der Waals surface area contributed by atoms with E-state index in [4.69, 9.17) is 11.5 Å². The van der Waals surface area contributed by atoms with Gasteiger partial charge < -0.3 is 16.9 Å². The molecule has 6 nitrogen and oxygen atoms in total. The van der Waals surface area contributed by atoms with Crippen LogP contribution in [0.1, 0.15) is 33.1 Å². The average molecular weight is 236 g/mol. The summed E-state index contributed by atoms with van der Waals surface area (Å²) >= 11 is 0. The summed E-state index contributed by atoms with van der Waals surface area (Å²) in [5.41, 5.74) is 14.5. The first kappa shape index (κ1) is 11.9. The van der Waals surface area contributed by atoms with Crippen LogP contribution in [0.3, 0.4) is 0 Å². The third kappa shape index (κ3) is 2.76. The first-order valence-electron chi connectivity index (χ1n) is 6.01. The van der Waals surface area contributed by atoms with E-state index in [0.29, 0.717) is 23.7 Å². The van der Waals surface area contributed by atoms with Gasteiger partial charge in [-0.05, 0) is 26.7 Å². The fourth-order valence-electron chi connectivity index (χ4n) is 2.32. The average Bonchev–Trinajstić information content (AvgIpc) is 2.22. The van der Waals surface area contributed by atoms with Crippen LogP contribution in [-0.2, 0) is 0 Å². The highest BCUT2D eigenvalue weighted by atomic mass is 15.5. The fourth-order valence-corrected chi connectivity index (χ4v) is 2.32. The molecular formula is C11H20N6. The van der Waals surface area contributed by atoms with Crippen molar-refractivity contribution in [2.75, 3.05) is 16.9 Å². The second kappa shape index (κ2) is 4.75. The Morgan fingerprint density at radius 1 is 1.24 bits per heavy atom. The molecule has 1 fully saturated rings. The number of aromatic nitrogens is 2. The molecule has 2 heterocycles. The van der Waals surface area contributed by atoms with Crippen molar-refractivity contribution in [2.45, 2.75) is 45.2 Å². The van der Waals surface area contributed by atoms with Gasteiger partial charge in [0.15, 0.2) is 0 Å². The number of hydrazine groups is 1. The second-order valence-corrected chi connectivity index (χ2v) is 4.68. The molecule has 2 rings (SSSR count). The normalized spacial score (nSPS) is 25.8. The molecule has 17 heavy (non-hydrogen) atoms. The van der Waals surface area contributed by atoms with Crippen LogP contribution >= 0.6 is 0 Å². The van der Waals surface area contributed by atoms with Crippen molar-refractivity contribution in [3.8, 4) is 0 Å². The van der Waals surface area contributed by atoms with Gasteiger partial charge in [0.1, 0.15) is 11.6 Å². The van der Waals surface area contributed by atoms with Crippen molar-refractivity contribution in [1.82, 2.24) is 15.0 Å². The molecule has 2 unspecified atom stereocenters. The zero-order valence-corrected chi connectivity index (χ0v) is 10.3. The number of anilines is 3. The summed E-state index contributed by atoms with van der Waals surface area (Å²) in [5, 5.41) is 2.21. The molecule has 0 bridgehead atoms. The molecule has 0 aliphatic carbocycles. The van der Waals surface area contributed by atoms with Gasteiger partial charge >= 0.3 is 0 Å². The van der Waals surface area contributed by atoms with Crippen LogP contribution < -0.4 is 16.9 Å². The first-order chi connectivity index (χ1) is 8.06. The molecule has 2 atom stereocenters. The highest BCUT2D eigenvalue weighted by molar-refractivity contribution is 5.47. The minimum Gasteiger partial charge on any atom is -0.383 e. The Kier molecular flexibility index (Phi) is 3.33. The number of nitrogen functional groups attached to an aromatic ring is 2. The van der Waals surface area contributed by atoms with E-state index >= 15 is 0 Å². The molecule has 0 spiro atoms. The summed E-state index contributed by atoms with van der Waals surface area (Å²) in [6.45, 7) is 4.41. The fraction of sp³-hybridized carbons (Fsp3) is 0.636. The highest BCUT2D eigenvalue weighted by Crippen LogP contribution is 2.23. The quantitative estimate of drug-likeness (QED) is 0.715. The number of nitrogens with two attached hydrogens (primary N) is 2. The van der Waals surface area contributed by atoms with E-state index in [1.54, 1.807) is 6.07 Å². The van der Waals surface area contributed by atoms with Crippen LogP contribution in [0.4, 0.5) is 17.6 Å². The molecule has 94 valence electrons. The number of nitrogens with zero attached hydrogens (tertiary/aromatic N) is 3. The van der Waals surface area contributed by atoms with Crippen molar-refractivity contribution in [3.05, 3.63) is 6.07 Å². The van der Waals surface area contributed by atoms with Crippen LogP contribution in [0, 0.1) is 0 Å². The molecule has 1 aromatic rings. The van der Waals surface area contributed by atoms with Crippen molar-refractivity contribution in [2.24, 2.45) is 0 Å². The molecule has 6 heteroatoms. The van der Waals surface area contributed by atoms with Crippen molar-refractivity contribution in [3.63, 3.8) is 0 Å². The van der Waals surface area contributed by atoms with Crippen molar-refractivity contribution < 1.29 is 0 Å². The summed E-state index contributed by atoms with van der Waals surface area (Å²) in [5.74, 6) is 1.25. The van der Waals surface area contributed by atoms with Gasteiger partial charge in [0, 0.05) is 18.2 Å². The zero-order chi connectivity index (χ0) is 12.4. The monoisotopic (exact) mass is 236 g/mol. The lowest BCUT2D eigenvalue weighted by atomic mass is 10.00. The standard InChI is InChI=1S/C11H20N6/c1-7-4-3-5-8(2)17(7)16-10-6-9(12)14-11(13)15-10/h6-8H,3-5H2,1-2H3,(H5,12,13,14,15,16). The number of hydrogen-bond donors (Lipinski definition) is 3. The summed E-state index contributed by atoms with van der Waals surface area (Å²) in [6, 6.07) is 2.66. The van der Waals surface area contributed by atoms with E-state index in [9.17, 15) is 0 Å². The van der Waals surface area contributed by atoms with Crippen molar-refractivity contribution in [1.29, 1.82) is 0 Å². The molecule has 1 aliphatic rings. The topological polar surface area (TPSA) is 93.1 Å². The van der Waals surface area contributed by atoms with Gasteiger partial charge in [-0.25, -0.2) is 5.01 Å². The summed E-state index contributed by atoms with van der Waals surface area (Å²) in [7, 11) is 0. The van der Waals surface area contributed by atoms with E-state index in [1.807, 2.05) is 0 Å². The SMILES string of the molecule is CC1CCCC(C)N1Nc1cc(N)nc(N)n1. The van der Waals surface area contributed by atoms with Crippen LogP contribution in [0.5, 0.6) is 0 Å². The van der Waals surface area contributed by atoms with Gasteiger partial charge in [0.05, 0.1) is 0 Å². The van der Waals surface area contributed by atoms with Crippen molar-refractivity contribution >= 4 is 17.6 Å². The van der Waals surface area contributed by atoms with E-state index in [2.05, 4.69) is 34.3 Å². The van der Waals surface area contributed by atoms with Gasteiger partial charge in [-0.1, -0.05) is 6.42 Å². The Hall–Kier alpha value is -1.56. The minimum absolute atomic E-state index is 0.199. The maximum atomic E-state index is 5.64. The second-order valence-electron chi connectivity index (χ2n) is 4.68. The molecule has 0 radical (unpaired) electrons. The van der Waals surface area contributed by atoms with Gasteiger partial charge in [-0.15, -0.1) is 0 Å². The third-order valence-corrected chi connectivity index (χ3v) is 3.20. The van der Waals surface area contributed by atoms with Crippen LogP contribution in [0.15, 0.2) is 6.07 Å². The van der Waals surface area contributed by atoms with Crippen LogP contribution in [0.25, 0.3) is 0 Å². The van der Waals surface area contributed by atoms with Gasteiger partial charge in [-0.3, -0.25) is 0 Å². The Morgan fingerprint density at radius 3 is 2.47 bits per heavy atom. The predicted molar refractivity (Wildman–Crippen MR) is 69.1 cm³/mol. The molecule has 0 saturated carbocycles. The molecule has 1 aliphatic heterocycles. The number of rotatable bonds is 2. The lowest BCUT2D eigenvalue weighted by Gasteiger charge is -2.39. The molecule has 1 aromatic heterocycles. The smallest absolute Gasteiger partial charge is 0.223 e. The van der Waals surface area contributed by atoms with Gasteiger partial charge in [0.25, 0.3) is 0 Å².